The molecular weight excluding hydrogens is 242 g/mol. The van der Waals surface area contributed by atoms with Crippen molar-refractivity contribution in [3.05, 3.63) is 77.1 Å². The van der Waals surface area contributed by atoms with Crippen LogP contribution in [0.5, 0.6) is 0 Å². The summed E-state index contributed by atoms with van der Waals surface area (Å²) in [6.07, 6.45) is 10.4. The normalized spacial score (nSPS) is 13.4. The smallest absolute Gasteiger partial charge is 0.0273 e. The third kappa shape index (κ3) is 1.83. The summed E-state index contributed by atoms with van der Waals surface area (Å²) in [5, 5.41) is 2.85. The van der Waals surface area contributed by atoms with Gasteiger partial charge in [0.25, 0.3) is 0 Å². The molecule has 0 aliphatic heterocycles. The van der Waals surface area contributed by atoms with Crippen molar-refractivity contribution < 1.29 is 0 Å². The maximum atomic E-state index is 4.05. The first-order valence-electron chi connectivity index (χ1n) is 7.03. The third-order valence-corrected chi connectivity index (χ3v) is 4.07. The Hall–Kier alpha value is -2.41. The highest BCUT2D eigenvalue weighted by molar-refractivity contribution is 5.98. The molecule has 0 saturated heterocycles. The Morgan fingerprint density at radius 2 is 1.60 bits per heavy atom. The zero-order chi connectivity index (χ0) is 13.4. The summed E-state index contributed by atoms with van der Waals surface area (Å²) < 4.78 is 0. The summed E-state index contributed by atoms with van der Waals surface area (Å²) in [6, 6.07) is 15.2. The Balaban J connectivity index is 1.84. The summed E-state index contributed by atoms with van der Waals surface area (Å²) in [4.78, 5) is 4.05. The van der Waals surface area contributed by atoms with Crippen LogP contribution >= 0.6 is 0 Å². The van der Waals surface area contributed by atoms with E-state index in [4.69, 9.17) is 0 Å². The predicted molar refractivity (Wildman–Crippen MR) is 84.5 cm³/mol. The van der Waals surface area contributed by atoms with Gasteiger partial charge in [-0.25, -0.2) is 0 Å². The van der Waals surface area contributed by atoms with Crippen LogP contribution in [0.1, 0.15) is 22.3 Å². The fraction of sp³-hybridized carbons (Fsp3) is 0.105. The molecular formula is C19H15N. The van der Waals surface area contributed by atoms with Gasteiger partial charge in [-0.1, -0.05) is 42.5 Å². The molecule has 0 N–H and O–H groups in total. The molecule has 3 aromatic rings. The van der Waals surface area contributed by atoms with Gasteiger partial charge in [-0.05, 0) is 58.0 Å². The van der Waals surface area contributed by atoms with Crippen molar-refractivity contribution >= 4 is 22.9 Å². The van der Waals surface area contributed by atoms with Gasteiger partial charge in [0.1, 0.15) is 0 Å². The van der Waals surface area contributed by atoms with Gasteiger partial charge < -0.3 is 0 Å². The van der Waals surface area contributed by atoms with E-state index < -0.39 is 0 Å². The highest BCUT2D eigenvalue weighted by atomic mass is 14.6. The number of aromatic nitrogens is 1. The molecule has 0 atom stereocenters. The number of nitrogens with zero attached hydrogens (tertiary/aromatic N) is 1. The molecule has 0 radical (unpaired) electrons. The fourth-order valence-electron chi connectivity index (χ4n) is 3.08. The van der Waals surface area contributed by atoms with Crippen LogP contribution in [0.2, 0.25) is 0 Å². The van der Waals surface area contributed by atoms with Gasteiger partial charge in [-0.2, -0.15) is 0 Å². The highest BCUT2D eigenvalue weighted by Crippen LogP contribution is 2.33. The Bertz CT molecular complexity index is 790. The van der Waals surface area contributed by atoms with Crippen molar-refractivity contribution in [1.29, 1.82) is 0 Å². The molecule has 0 saturated carbocycles. The van der Waals surface area contributed by atoms with Crippen LogP contribution in [-0.4, -0.2) is 4.98 Å². The first-order chi connectivity index (χ1) is 9.92. The number of hydrogen-bond acceptors (Lipinski definition) is 1. The molecule has 96 valence electrons. The van der Waals surface area contributed by atoms with E-state index in [9.17, 15) is 0 Å². The lowest BCUT2D eigenvalue weighted by molar-refractivity contribution is 1.02. The topological polar surface area (TPSA) is 12.9 Å². The van der Waals surface area contributed by atoms with Gasteiger partial charge in [-0.3, -0.25) is 4.98 Å². The number of benzene rings is 2. The Labute approximate surface area is 118 Å². The Kier molecular flexibility index (Phi) is 2.63. The average Bonchev–Trinajstić information content (AvgIpc) is 2.93. The molecule has 1 nitrogen and oxygen atoms in total. The first-order valence-corrected chi connectivity index (χ1v) is 7.03. The van der Waals surface area contributed by atoms with Crippen LogP contribution in [0, 0.1) is 0 Å². The van der Waals surface area contributed by atoms with Gasteiger partial charge in [0, 0.05) is 12.4 Å². The zero-order valence-electron chi connectivity index (χ0n) is 11.2. The minimum Gasteiger partial charge on any atom is -0.265 e. The van der Waals surface area contributed by atoms with E-state index in [0.717, 1.165) is 0 Å². The summed E-state index contributed by atoms with van der Waals surface area (Å²) in [7, 11) is 0. The number of hydrogen-bond donors (Lipinski definition) is 0. The molecule has 0 spiro atoms. The van der Waals surface area contributed by atoms with E-state index in [-0.39, 0.29) is 0 Å². The lowest BCUT2D eigenvalue weighted by atomic mass is 9.99. The van der Waals surface area contributed by atoms with Crippen molar-refractivity contribution in [2.24, 2.45) is 0 Å². The van der Waals surface area contributed by atoms with E-state index in [1.807, 2.05) is 24.5 Å². The monoisotopic (exact) mass is 257 g/mol. The van der Waals surface area contributed by atoms with Crippen molar-refractivity contribution in [2.75, 3.05) is 0 Å². The van der Waals surface area contributed by atoms with E-state index >= 15 is 0 Å². The second kappa shape index (κ2) is 4.61. The van der Waals surface area contributed by atoms with Gasteiger partial charge >= 0.3 is 0 Å². The van der Waals surface area contributed by atoms with Crippen molar-refractivity contribution in [3.63, 3.8) is 0 Å². The molecule has 1 heterocycles. The molecule has 20 heavy (non-hydrogen) atoms. The summed E-state index contributed by atoms with van der Waals surface area (Å²) in [5.74, 6) is 0. The second-order valence-corrected chi connectivity index (χ2v) is 5.27. The van der Waals surface area contributed by atoms with Gasteiger partial charge in [0.15, 0.2) is 0 Å². The molecule has 0 unspecified atom stereocenters. The van der Waals surface area contributed by atoms with Crippen LogP contribution in [0.3, 0.4) is 0 Å². The van der Waals surface area contributed by atoms with Crippen molar-refractivity contribution in [2.45, 2.75) is 12.8 Å². The molecule has 1 heteroatoms. The lowest BCUT2D eigenvalue weighted by Gasteiger charge is -2.05. The highest BCUT2D eigenvalue weighted by Gasteiger charge is 2.14. The zero-order valence-corrected chi connectivity index (χ0v) is 11.2. The van der Waals surface area contributed by atoms with E-state index in [0.29, 0.717) is 0 Å². The summed E-state index contributed by atoms with van der Waals surface area (Å²) in [5.41, 5.74) is 5.47. The maximum absolute atomic E-state index is 4.05. The van der Waals surface area contributed by atoms with Crippen LogP contribution < -0.4 is 0 Å². The van der Waals surface area contributed by atoms with Crippen LogP contribution in [0.15, 0.2) is 54.9 Å². The second-order valence-electron chi connectivity index (χ2n) is 5.27. The van der Waals surface area contributed by atoms with Gasteiger partial charge in [0.2, 0.25) is 0 Å². The minimum absolute atomic E-state index is 1.18. The number of pyridine rings is 1. The lowest BCUT2D eigenvalue weighted by Crippen LogP contribution is -1.83. The first kappa shape index (κ1) is 11.4. The van der Waals surface area contributed by atoms with E-state index in [1.54, 1.807) is 0 Å². The Morgan fingerprint density at radius 3 is 2.45 bits per heavy atom. The largest absolute Gasteiger partial charge is 0.265 e. The van der Waals surface area contributed by atoms with Crippen LogP contribution in [0.25, 0.3) is 22.9 Å². The standard InChI is InChI=1S/C19H15N/c1-2-16-8-9-17-7-6-15(18(3-1)19(16)17)5-4-14-10-12-20-13-11-14/h1-7,10-13H,8-9H2. The number of aryl methyl sites for hydroxylation is 2. The molecule has 4 rings (SSSR count). The molecule has 0 fully saturated rings. The molecule has 1 aliphatic carbocycles. The van der Waals surface area contributed by atoms with Gasteiger partial charge in [0.05, 0.1) is 0 Å². The molecule has 0 bridgehead atoms. The minimum atomic E-state index is 1.18. The van der Waals surface area contributed by atoms with E-state index in [2.05, 4.69) is 47.5 Å². The number of rotatable bonds is 2. The SMILES string of the molecule is C(=Cc1ccc2c3c(cccc13)CC2)c1ccncc1. The maximum Gasteiger partial charge on any atom is 0.0273 e. The fourth-order valence-corrected chi connectivity index (χ4v) is 3.08. The molecule has 1 aliphatic rings. The molecule has 2 aromatic carbocycles. The van der Waals surface area contributed by atoms with Crippen molar-refractivity contribution in [3.8, 4) is 0 Å². The van der Waals surface area contributed by atoms with Crippen LogP contribution in [-0.2, 0) is 12.8 Å². The molecule has 0 amide bonds. The predicted octanol–water partition coefficient (Wildman–Crippen LogP) is 4.50. The van der Waals surface area contributed by atoms with E-state index in [1.165, 1.54) is 45.9 Å². The average molecular weight is 257 g/mol. The van der Waals surface area contributed by atoms with Crippen LogP contribution in [0.4, 0.5) is 0 Å². The quantitative estimate of drug-likeness (QED) is 0.658. The van der Waals surface area contributed by atoms with Gasteiger partial charge in [-0.15, -0.1) is 0 Å². The summed E-state index contributed by atoms with van der Waals surface area (Å²) >= 11 is 0. The summed E-state index contributed by atoms with van der Waals surface area (Å²) in [6.45, 7) is 0. The third-order valence-electron chi connectivity index (χ3n) is 4.07. The Morgan fingerprint density at radius 1 is 0.800 bits per heavy atom. The van der Waals surface area contributed by atoms with Crippen molar-refractivity contribution in [1.82, 2.24) is 4.98 Å². The molecule has 1 aromatic heterocycles.